The number of amides is 1. The van der Waals surface area contributed by atoms with Gasteiger partial charge in [-0.1, -0.05) is 12.1 Å². The second-order valence-electron chi connectivity index (χ2n) is 5.84. The number of aromatic amines is 1. The number of carbonyl (C=O) groups is 1. The minimum absolute atomic E-state index is 0.0765. The van der Waals surface area contributed by atoms with Crippen molar-refractivity contribution in [1.29, 1.82) is 0 Å². The number of aromatic nitrogens is 2. The van der Waals surface area contributed by atoms with Crippen molar-refractivity contribution in [2.45, 2.75) is 13.0 Å². The zero-order chi connectivity index (χ0) is 19.1. The van der Waals surface area contributed by atoms with Crippen LogP contribution in [0.15, 0.2) is 40.1 Å². The molecule has 0 aliphatic rings. The third kappa shape index (κ3) is 4.82. The average Bonchev–Trinajstić information content (AvgIpc) is 2.63. The molecule has 0 radical (unpaired) electrons. The van der Waals surface area contributed by atoms with Crippen LogP contribution in [0.3, 0.4) is 0 Å². The van der Waals surface area contributed by atoms with Crippen LogP contribution in [0.25, 0.3) is 0 Å². The highest BCUT2D eigenvalue weighted by atomic mass is 16.5. The summed E-state index contributed by atoms with van der Waals surface area (Å²) in [6.45, 7) is 1.21. The van der Waals surface area contributed by atoms with Gasteiger partial charge in [0.1, 0.15) is 11.3 Å². The number of nitrogens with zero attached hydrogens (tertiary/aromatic N) is 2. The molecular formula is C18H23N3O5. The van der Waals surface area contributed by atoms with E-state index in [1.54, 1.807) is 19.1 Å². The van der Waals surface area contributed by atoms with Gasteiger partial charge in [-0.3, -0.25) is 14.6 Å². The number of benzene rings is 1. The van der Waals surface area contributed by atoms with Gasteiger partial charge < -0.3 is 18.9 Å². The lowest BCUT2D eigenvalue weighted by Gasteiger charge is -2.23. The number of hydrogen-bond donors (Lipinski definition) is 1. The van der Waals surface area contributed by atoms with Gasteiger partial charge in [-0.05, 0) is 24.1 Å². The summed E-state index contributed by atoms with van der Waals surface area (Å²) < 4.78 is 11.4. The molecule has 0 fully saturated rings. The molecular weight excluding hydrogens is 338 g/mol. The highest BCUT2D eigenvalue weighted by Gasteiger charge is 2.20. The fourth-order valence-corrected chi connectivity index (χ4v) is 2.53. The van der Waals surface area contributed by atoms with Gasteiger partial charge in [-0.2, -0.15) is 0 Å². The molecule has 0 atom stereocenters. The van der Waals surface area contributed by atoms with Crippen molar-refractivity contribution in [2.75, 3.05) is 27.4 Å². The summed E-state index contributed by atoms with van der Waals surface area (Å²) in [7, 11) is 4.64. The van der Waals surface area contributed by atoms with Crippen LogP contribution >= 0.6 is 0 Å². The molecule has 1 heterocycles. The lowest BCUT2D eigenvalue weighted by Crippen LogP contribution is -2.39. The maximum absolute atomic E-state index is 12.9. The number of rotatable bonds is 8. The van der Waals surface area contributed by atoms with Crippen LogP contribution in [0, 0.1) is 0 Å². The second-order valence-corrected chi connectivity index (χ2v) is 5.84. The largest absolute Gasteiger partial charge is 0.497 e. The fourth-order valence-electron chi connectivity index (χ4n) is 2.53. The number of ether oxygens (including phenoxy) is 2. The Morgan fingerprint density at radius 3 is 2.73 bits per heavy atom. The van der Waals surface area contributed by atoms with E-state index in [0.717, 1.165) is 5.56 Å². The molecule has 0 saturated heterocycles. The Balaban J connectivity index is 2.31. The first-order valence-corrected chi connectivity index (χ1v) is 8.17. The van der Waals surface area contributed by atoms with Gasteiger partial charge in [0.2, 0.25) is 0 Å². The maximum atomic E-state index is 12.9. The van der Waals surface area contributed by atoms with E-state index in [0.29, 0.717) is 31.9 Å². The number of H-pyrrole nitrogens is 1. The van der Waals surface area contributed by atoms with Gasteiger partial charge in [0.05, 0.1) is 7.11 Å². The van der Waals surface area contributed by atoms with Crippen molar-refractivity contribution in [1.82, 2.24) is 14.5 Å². The molecule has 1 aromatic carbocycles. The van der Waals surface area contributed by atoms with E-state index in [1.165, 1.54) is 17.8 Å². The zero-order valence-electron chi connectivity index (χ0n) is 15.2. The number of hydrogen-bond acceptors (Lipinski definition) is 5. The van der Waals surface area contributed by atoms with Crippen molar-refractivity contribution in [3.63, 3.8) is 0 Å². The quantitative estimate of drug-likeness (QED) is 0.701. The summed E-state index contributed by atoms with van der Waals surface area (Å²) in [6.07, 6.45) is 1.88. The first-order chi connectivity index (χ1) is 12.5. The standard InChI is InChI=1S/C18H23N3O5/c1-20-12-15(16(22)19-18(20)24)17(23)21(8-5-9-25-2)11-13-6-4-7-14(10-13)26-3/h4,6-7,10,12H,5,8-9,11H2,1-3H3,(H,19,22,24). The minimum atomic E-state index is -0.694. The summed E-state index contributed by atoms with van der Waals surface area (Å²) in [5, 5.41) is 0. The van der Waals surface area contributed by atoms with E-state index in [9.17, 15) is 14.4 Å². The van der Waals surface area contributed by atoms with E-state index < -0.39 is 17.2 Å². The molecule has 1 amide bonds. The Morgan fingerprint density at radius 1 is 1.27 bits per heavy atom. The van der Waals surface area contributed by atoms with E-state index in [4.69, 9.17) is 9.47 Å². The van der Waals surface area contributed by atoms with E-state index in [2.05, 4.69) is 4.98 Å². The molecule has 1 N–H and O–H groups in total. The second kappa shape index (κ2) is 9.00. The molecule has 0 aliphatic heterocycles. The molecule has 26 heavy (non-hydrogen) atoms. The monoisotopic (exact) mass is 361 g/mol. The predicted octanol–water partition coefficient (Wildman–Crippen LogP) is 0.761. The number of carbonyl (C=O) groups excluding carboxylic acids is 1. The van der Waals surface area contributed by atoms with Crippen LogP contribution in [-0.4, -0.2) is 47.7 Å². The number of nitrogens with one attached hydrogen (secondary N) is 1. The molecule has 1 aromatic heterocycles. The highest BCUT2D eigenvalue weighted by molar-refractivity contribution is 5.93. The third-order valence-corrected chi connectivity index (χ3v) is 3.91. The van der Waals surface area contributed by atoms with E-state index in [1.807, 2.05) is 24.3 Å². The van der Waals surface area contributed by atoms with Crippen molar-refractivity contribution in [2.24, 2.45) is 7.05 Å². The van der Waals surface area contributed by atoms with Crippen molar-refractivity contribution in [3.8, 4) is 5.75 Å². The van der Waals surface area contributed by atoms with E-state index >= 15 is 0 Å². The van der Waals surface area contributed by atoms with Crippen molar-refractivity contribution >= 4 is 5.91 Å². The molecule has 0 bridgehead atoms. The summed E-state index contributed by atoms with van der Waals surface area (Å²) in [6, 6.07) is 7.37. The van der Waals surface area contributed by atoms with Gasteiger partial charge >= 0.3 is 5.69 Å². The highest BCUT2D eigenvalue weighted by Crippen LogP contribution is 2.15. The van der Waals surface area contributed by atoms with Gasteiger partial charge in [0.15, 0.2) is 0 Å². The molecule has 0 aliphatic carbocycles. The Kier molecular flexibility index (Phi) is 6.74. The summed E-state index contributed by atoms with van der Waals surface area (Å²) >= 11 is 0. The Bertz CT molecular complexity index is 872. The molecule has 8 nitrogen and oxygen atoms in total. The molecule has 0 saturated carbocycles. The normalized spacial score (nSPS) is 10.6. The van der Waals surface area contributed by atoms with Crippen LogP contribution in [0.5, 0.6) is 5.75 Å². The van der Waals surface area contributed by atoms with Gasteiger partial charge in [0, 0.05) is 40.1 Å². The maximum Gasteiger partial charge on any atom is 0.328 e. The SMILES string of the molecule is COCCCN(Cc1cccc(OC)c1)C(=O)c1cn(C)c(=O)[nH]c1=O. The number of aryl methyl sites for hydroxylation is 1. The van der Waals surface area contributed by atoms with Crippen LogP contribution in [0.1, 0.15) is 22.3 Å². The first kappa shape index (κ1) is 19.5. The van der Waals surface area contributed by atoms with E-state index in [-0.39, 0.29) is 5.56 Å². The molecule has 8 heteroatoms. The number of methoxy groups -OCH3 is 2. The van der Waals surface area contributed by atoms with Crippen LogP contribution in [-0.2, 0) is 18.3 Å². The lowest BCUT2D eigenvalue weighted by atomic mass is 10.1. The molecule has 140 valence electrons. The molecule has 0 unspecified atom stereocenters. The first-order valence-electron chi connectivity index (χ1n) is 8.17. The molecule has 0 spiro atoms. The minimum Gasteiger partial charge on any atom is -0.497 e. The Morgan fingerprint density at radius 2 is 2.04 bits per heavy atom. The summed E-state index contributed by atoms with van der Waals surface area (Å²) in [5.74, 6) is 0.243. The van der Waals surface area contributed by atoms with Gasteiger partial charge in [-0.25, -0.2) is 4.79 Å². The average molecular weight is 361 g/mol. The summed E-state index contributed by atoms with van der Waals surface area (Å²) in [5.41, 5.74) is -0.463. The van der Waals surface area contributed by atoms with Gasteiger partial charge in [0.25, 0.3) is 11.5 Å². The molecule has 2 rings (SSSR count). The zero-order valence-corrected chi connectivity index (χ0v) is 15.2. The van der Waals surface area contributed by atoms with Crippen LogP contribution in [0.4, 0.5) is 0 Å². The van der Waals surface area contributed by atoms with Crippen LogP contribution < -0.4 is 16.0 Å². The fraction of sp³-hybridized carbons (Fsp3) is 0.389. The van der Waals surface area contributed by atoms with Gasteiger partial charge in [-0.15, -0.1) is 0 Å². The summed E-state index contributed by atoms with van der Waals surface area (Å²) in [4.78, 5) is 40.2. The topological polar surface area (TPSA) is 93.6 Å². The van der Waals surface area contributed by atoms with Crippen molar-refractivity contribution < 1.29 is 14.3 Å². The Labute approximate surface area is 151 Å². The van der Waals surface area contributed by atoms with Crippen molar-refractivity contribution in [3.05, 3.63) is 62.4 Å². The Hall–Kier alpha value is -2.87. The third-order valence-electron chi connectivity index (χ3n) is 3.91. The lowest BCUT2D eigenvalue weighted by molar-refractivity contribution is 0.0720. The predicted molar refractivity (Wildman–Crippen MR) is 96.5 cm³/mol. The smallest absolute Gasteiger partial charge is 0.328 e. The molecule has 2 aromatic rings. The van der Waals surface area contributed by atoms with Crippen LogP contribution in [0.2, 0.25) is 0 Å².